The highest BCUT2D eigenvalue weighted by Crippen LogP contribution is 2.22. The number of esters is 1. The Hall–Kier alpha value is -2.10. The van der Waals surface area contributed by atoms with Gasteiger partial charge in [-0.05, 0) is 33.6 Å². The predicted octanol–water partition coefficient (Wildman–Crippen LogP) is 4.01. The standard InChI is InChI=1S/C22H30N4O3.HI/c1-4-23-22(26-12-6-7-18(15-26)21(27)28-5-2)25-14-20-24-13-19(29-20)17-10-8-16(3)9-11-17;/h8-11,13,18H,4-7,12,14-15H2,1-3H3,(H,23,25);1H. The Bertz CT molecular complexity index is 835. The van der Waals surface area contributed by atoms with Crippen LogP contribution in [0.2, 0.25) is 0 Å². The van der Waals surface area contributed by atoms with Gasteiger partial charge < -0.3 is 19.4 Å². The molecule has 30 heavy (non-hydrogen) atoms. The summed E-state index contributed by atoms with van der Waals surface area (Å²) in [7, 11) is 0. The minimum atomic E-state index is -0.122. The summed E-state index contributed by atoms with van der Waals surface area (Å²) in [4.78, 5) is 23.3. The van der Waals surface area contributed by atoms with Gasteiger partial charge >= 0.3 is 5.97 Å². The molecule has 1 aromatic heterocycles. The Morgan fingerprint density at radius 3 is 2.80 bits per heavy atom. The Morgan fingerprint density at radius 2 is 2.10 bits per heavy atom. The number of halogens is 1. The molecule has 1 atom stereocenters. The van der Waals surface area contributed by atoms with Crippen LogP contribution in [0.25, 0.3) is 11.3 Å². The highest BCUT2D eigenvalue weighted by atomic mass is 127. The molecule has 8 heteroatoms. The molecule has 0 bridgehead atoms. The largest absolute Gasteiger partial charge is 0.466 e. The van der Waals surface area contributed by atoms with Crippen molar-refractivity contribution in [1.29, 1.82) is 0 Å². The molecule has 1 N–H and O–H groups in total. The number of guanidine groups is 1. The third-order valence-electron chi connectivity index (χ3n) is 4.93. The zero-order valence-corrected chi connectivity index (χ0v) is 20.2. The predicted molar refractivity (Wildman–Crippen MR) is 128 cm³/mol. The first-order chi connectivity index (χ1) is 14.1. The van der Waals surface area contributed by atoms with Crippen LogP contribution in [-0.4, -0.2) is 48.1 Å². The summed E-state index contributed by atoms with van der Waals surface area (Å²) in [5.74, 6) is 1.85. The maximum atomic E-state index is 12.1. The SMILES string of the molecule is CCNC(=NCc1ncc(-c2ccc(C)cc2)o1)N1CCCC(C(=O)OCC)C1.I. The van der Waals surface area contributed by atoms with Crippen molar-refractivity contribution >= 4 is 35.9 Å². The number of carbonyl (C=O) groups excluding carboxylic acids is 1. The van der Waals surface area contributed by atoms with Gasteiger partial charge in [0, 0.05) is 25.2 Å². The zero-order chi connectivity index (χ0) is 20.6. The third kappa shape index (κ3) is 6.45. The third-order valence-corrected chi connectivity index (χ3v) is 4.93. The summed E-state index contributed by atoms with van der Waals surface area (Å²) < 4.78 is 11.1. The minimum absolute atomic E-state index is 0. The van der Waals surface area contributed by atoms with Crippen molar-refractivity contribution in [3.63, 3.8) is 0 Å². The Morgan fingerprint density at radius 1 is 1.33 bits per heavy atom. The van der Waals surface area contributed by atoms with Crippen LogP contribution in [0.15, 0.2) is 39.9 Å². The number of piperidine rings is 1. The second kappa shape index (κ2) is 11.9. The molecule has 0 radical (unpaired) electrons. The zero-order valence-electron chi connectivity index (χ0n) is 17.9. The second-order valence-electron chi connectivity index (χ2n) is 7.19. The van der Waals surface area contributed by atoms with E-state index in [2.05, 4.69) is 34.3 Å². The van der Waals surface area contributed by atoms with Crippen LogP contribution in [0.5, 0.6) is 0 Å². The van der Waals surface area contributed by atoms with E-state index >= 15 is 0 Å². The number of ether oxygens (including phenoxy) is 1. The highest BCUT2D eigenvalue weighted by Gasteiger charge is 2.28. The molecule has 1 saturated heterocycles. The number of aromatic nitrogens is 1. The lowest BCUT2D eigenvalue weighted by Crippen LogP contribution is -2.48. The number of nitrogens with zero attached hydrogens (tertiary/aromatic N) is 3. The van der Waals surface area contributed by atoms with Crippen LogP contribution in [0.4, 0.5) is 0 Å². The molecular weight excluding hydrogens is 495 g/mol. The first-order valence-electron chi connectivity index (χ1n) is 10.3. The van der Waals surface area contributed by atoms with Crippen molar-refractivity contribution in [3.05, 3.63) is 41.9 Å². The Kier molecular flexibility index (Phi) is 9.61. The van der Waals surface area contributed by atoms with Crippen LogP contribution in [-0.2, 0) is 16.1 Å². The number of aryl methyl sites for hydroxylation is 1. The molecule has 164 valence electrons. The van der Waals surface area contributed by atoms with Crippen LogP contribution in [0.3, 0.4) is 0 Å². The van der Waals surface area contributed by atoms with Gasteiger partial charge in [-0.25, -0.2) is 9.98 Å². The topological polar surface area (TPSA) is 80.0 Å². The molecule has 1 aliphatic rings. The van der Waals surface area contributed by atoms with E-state index in [4.69, 9.17) is 14.1 Å². The van der Waals surface area contributed by atoms with Crippen molar-refractivity contribution < 1.29 is 13.9 Å². The maximum absolute atomic E-state index is 12.1. The summed E-state index contributed by atoms with van der Waals surface area (Å²) in [5.41, 5.74) is 2.20. The average Bonchev–Trinajstić information content (AvgIpc) is 3.21. The van der Waals surface area contributed by atoms with E-state index in [1.165, 1.54) is 5.56 Å². The van der Waals surface area contributed by atoms with Crippen LogP contribution in [0.1, 0.15) is 38.1 Å². The molecule has 0 saturated carbocycles. The lowest BCUT2D eigenvalue weighted by molar-refractivity contribution is -0.149. The molecule has 0 aliphatic carbocycles. The molecule has 1 aromatic carbocycles. The van der Waals surface area contributed by atoms with Gasteiger partial charge in [0.15, 0.2) is 11.7 Å². The molecule has 1 fully saturated rings. The number of hydrogen-bond donors (Lipinski definition) is 1. The highest BCUT2D eigenvalue weighted by molar-refractivity contribution is 14.0. The Labute approximate surface area is 195 Å². The van der Waals surface area contributed by atoms with E-state index in [0.717, 1.165) is 43.2 Å². The second-order valence-corrected chi connectivity index (χ2v) is 7.19. The minimum Gasteiger partial charge on any atom is -0.466 e. The van der Waals surface area contributed by atoms with Crippen LogP contribution >= 0.6 is 24.0 Å². The van der Waals surface area contributed by atoms with Gasteiger partial charge in [-0.1, -0.05) is 29.8 Å². The summed E-state index contributed by atoms with van der Waals surface area (Å²) in [5, 5.41) is 3.31. The first kappa shape index (κ1) is 24.2. The summed E-state index contributed by atoms with van der Waals surface area (Å²) in [6.45, 7) is 8.91. The number of carbonyl (C=O) groups is 1. The van der Waals surface area contributed by atoms with Crippen LogP contribution < -0.4 is 5.32 Å². The molecule has 2 aromatic rings. The van der Waals surface area contributed by atoms with Gasteiger partial charge in [0.05, 0.1) is 18.7 Å². The van der Waals surface area contributed by atoms with E-state index < -0.39 is 0 Å². The van der Waals surface area contributed by atoms with Gasteiger partial charge in [-0.15, -0.1) is 24.0 Å². The molecule has 1 unspecified atom stereocenters. The number of aliphatic imine (C=N–C) groups is 1. The normalized spacial score (nSPS) is 16.7. The molecule has 0 amide bonds. The fourth-order valence-corrected chi connectivity index (χ4v) is 3.42. The molecule has 0 spiro atoms. The summed E-state index contributed by atoms with van der Waals surface area (Å²) >= 11 is 0. The van der Waals surface area contributed by atoms with E-state index in [1.807, 2.05) is 26.0 Å². The fourth-order valence-electron chi connectivity index (χ4n) is 3.42. The van der Waals surface area contributed by atoms with Crippen molar-refractivity contribution in [1.82, 2.24) is 15.2 Å². The first-order valence-corrected chi connectivity index (χ1v) is 10.3. The Balaban J connectivity index is 0.00000320. The fraction of sp³-hybridized carbons (Fsp3) is 0.500. The number of hydrogen-bond acceptors (Lipinski definition) is 5. The number of likely N-dealkylation sites (tertiary alicyclic amines) is 1. The van der Waals surface area contributed by atoms with Crippen molar-refractivity contribution in [2.45, 2.75) is 40.2 Å². The van der Waals surface area contributed by atoms with E-state index in [-0.39, 0.29) is 35.9 Å². The lowest BCUT2D eigenvalue weighted by Gasteiger charge is -2.33. The molecule has 1 aliphatic heterocycles. The average molecular weight is 526 g/mol. The van der Waals surface area contributed by atoms with E-state index in [9.17, 15) is 4.79 Å². The van der Waals surface area contributed by atoms with E-state index in [0.29, 0.717) is 25.6 Å². The van der Waals surface area contributed by atoms with E-state index in [1.54, 1.807) is 6.20 Å². The summed E-state index contributed by atoms with van der Waals surface area (Å²) in [6.07, 6.45) is 3.53. The molecular formula is C22H31IN4O3. The van der Waals surface area contributed by atoms with Crippen molar-refractivity contribution in [2.75, 3.05) is 26.2 Å². The lowest BCUT2D eigenvalue weighted by atomic mass is 9.98. The van der Waals surface area contributed by atoms with Gasteiger partial charge in [0.2, 0.25) is 5.89 Å². The number of rotatable bonds is 6. The maximum Gasteiger partial charge on any atom is 0.310 e. The molecule has 3 rings (SSSR count). The number of nitrogens with one attached hydrogen (secondary N) is 1. The van der Waals surface area contributed by atoms with Crippen molar-refractivity contribution in [2.24, 2.45) is 10.9 Å². The van der Waals surface area contributed by atoms with Gasteiger partial charge in [-0.3, -0.25) is 4.79 Å². The number of benzene rings is 1. The van der Waals surface area contributed by atoms with Crippen LogP contribution in [0, 0.1) is 12.8 Å². The molecule has 7 nitrogen and oxygen atoms in total. The summed E-state index contributed by atoms with van der Waals surface area (Å²) in [6, 6.07) is 8.15. The number of oxazole rings is 1. The smallest absolute Gasteiger partial charge is 0.310 e. The van der Waals surface area contributed by atoms with Gasteiger partial charge in [-0.2, -0.15) is 0 Å². The van der Waals surface area contributed by atoms with Gasteiger partial charge in [0.25, 0.3) is 0 Å². The van der Waals surface area contributed by atoms with Gasteiger partial charge in [0.1, 0.15) is 6.54 Å². The molecule has 2 heterocycles. The van der Waals surface area contributed by atoms with Crippen molar-refractivity contribution in [3.8, 4) is 11.3 Å². The quantitative estimate of drug-likeness (QED) is 0.265. The monoisotopic (exact) mass is 526 g/mol.